The van der Waals surface area contributed by atoms with Crippen molar-refractivity contribution in [1.29, 1.82) is 0 Å². The Bertz CT molecular complexity index is 966. The summed E-state index contributed by atoms with van der Waals surface area (Å²) in [5.41, 5.74) is 8.64. The molecule has 0 radical (unpaired) electrons. The van der Waals surface area contributed by atoms with Gasteiger partial charge in [-0.05, 0) is 50.2 Å². The summed E-state index contributed by atoms with van der Waals surface area (Å²) < 4.78 is 1.77. The Labute approximate surface area is 162 Å². The predicted molar refractivity (Wildman–Crippen MR) is 104 cm³/mol. The second-order valence-corrected chi connectivity index (χ2v) is 6.52. The van der Waals surface area contributed by atoms with Gasteiger partial charge in [0.05, 0.1) is 17.8 Å². The van der Waals surface area contributed by atoms with E-state index in [0.29, 0.717) is 10.6 Å². The molecule has 0 fully saturated rings. The van der Waals surface area contributed by atoms with Gasteiger partial charge in [-0.15, -0.1) is 0 Å². The van der Waals surface area contributed by atoms with E-state index in [1.807, 2.05) is 32.0 Å². The highest BCUT2D eigenvalue weighted by molar-refractivity contribution is 6.30. The summed E-state index contributed by atoms with van der Waals surface area (Å²) in [7, 11) is 0. The number of nitrogens with zero attached hydrogens (tertiary/aromatic N) is 2. The number of aryl methyl sites for hydroxylation is 1. The third kappa shape index (κ3) is 4.35. The molecule has 2 amide bonds. The summed E-state index contributed by atoms with van der Waals surface area (Å²) in [6, 6.07) is 16.0. The number of carbonyl (C=O) groups is 2. The zero-order chi connectivity index (χ0) is 19.4. The van der Waals surface area contributed by atoms with Gasteiger partial charge in [-0.25, -0.2) is 4.68 Å². The number of hydrogen-bond donors (Lipinski definition) is 2. The highest BCUT2D eigenvalue weighted by Gasteiger charge is 2.16. The second kappa shape index (κ2) is 8.05. The van der Waals surface area contributed by atoms with E-state index in [1.165, 1.54) is 0 Å². The number of aromatic nitrogens is 2. The van der Waals surface area contributed by atoms with Crippen molar-refractivity contribution in [3.63, 3.8) is 0 Å². The Balaban J connectivity index is 1.67. The van der Waals surface area contributed by atoms with Gasteiger partial charge in [0.2, 0.25) is 5.91 Å². The van der Waals surface area contributed by atoms with Crippen molar-refractivity contribution in [3.8, 4) is 5.69 Å². The maximum atomic E-state index is 12.3. The highest BCUT2D eigenvalue weighted by atomic mass is 35.5. The lowest BCUT2D eigenvalue weighted by atomic mass is 10.1. The van der Waals surface area contributed by atoms with Crippen LogP contribution in [0.4, 0.5) is 0 Å². The first kappa shape index (κ1) is 18.7. The first-order valence-electron chi connectivity index (χ1n) is 8.41. The Morgan fingerprint density at radius 2 is 1.67 bits per heavy atom. The molecule has 3 aromatic rings. The summed E-state index contributed by atoms with van der Waals surface area (Å²) in [5, 5.41) is 5.16. The zero-order valence-corrected chi connectivity index (χ0v) is 15.7. The minimum atomic E-state index is -0.366. The molecule has 2 N–H and O–H groups in total. The fourth-order valence-corrected chi connectivity index (χ4v) is 2.88. The summed E-state index contributed by atoms with van der Waals surface area (Å²) in [5.74, 6) is -0.685. The molecule has 27 heavy (non-hydrogen) atoms. The zero-order valence-electron chi connectivity index (χ0n) is 15.0. The van der Waals surface area contributed by atoms with Crippen molar-refractivity contribution < 1.29 is 9.59 Å². The maximum Gasteiger partial charge on any atom is 0.269 e. The van der Waals surface area contributed by atoms with Gasteiger partial charge in [0, 0.05) is 21.8 Å². The van der Waals surface area contributed by atoms with E-state index in [2.05, 4.69) is 16.0 Å². The second-order valence-electron chi connectivity index (χ2n) is 6.08. The third-order valence-corrected chi connectivity index (χ3v) is 4.45. The first-order chi connectivity index (χ1) is 13.0. The van der Waals surface area contributed by atoms with Crippen LogP contribution in [0.2, 0.25) is 5.02 Å². The predicted octanol–water partition coefficient (Wildman–Crippen LogP) is 3.15. The fraction of sp³-hybridized carbons (Fsp3) is 0.150. The van der Waals surface area contributed by atoms with Gasteiger partial charge in [0.15, 0.2) is 0 Å². The molecule has 2 aromatic carbocycles. The molecule has 7 heteroatoms. The molecule has 0 bridgehead atoms. The van der Waals surface area contributed by atoms with E-state index in [1.54, 1.807) is 41.1 Å². The summed E-state index contributed by atoms with van der Waals surface area (Å²) >= 11 is 5.93. The number of nitrogens with one attached hydrogen (secondary N) is 2. The van der Waals surface area contributed by atoms with Crippen molar-refractivity contribution in [2.45, 2.75) is 20.3 Å². The molecule has 0 unspecified atom stereocenters. The molecule has 1 aromatic heterocycles. The molecule has 1 heterocycles. The van der Waals surface area contributed by atoms with Gasteiger partial charge in [-0.2, -0.15) is 5.10 Å². The van der Waals surface area contributed by atoms with Gasteiger partial charge < -0.3 is 0 Å². The number of hydrazine groups is 1. The first-order valence-corrected chi connectivity index (χ1v) is 8.79. The molecular weight excluding hydrogens is 364 g/mol. The van der Waals surface area contributed by atoms with Gasteiger partial charge >= 0.3 is 0 Å². The molecule has 0 atom stereocenters. The minimum absolute atomic E-state index is 0.111. The lowest BCUT2D eigenvalue weighted by molar-refractivity contribution is -0.121. The van der Waals surface area contributed by atoms with Gasteiger partial charge in [-0.3, -0.25) is 20.4 Å². The molecule has 0 saturated heterocycles. The molecule has 0 saturated carbocycles. The number of hydrogen-bond acceptors (Lipinski definition) is 3. The quantitative estimate of drug-likeness (QED) is 0.680. The molecule has 6 nitrogen and oxygen atoms in total. The van der Waals surface area contributed by atoms with Crippen LogP contribution in [0.5, 0.6) is 0 Å². The molecule has 0 aliphatic carbocycles. The van der Waals surface area contributed by atoms with Crippen LogP contribution in [0.1, 0.15) is 27.3 Å². The van der Waals surface area contributed by atoms with E-state index in [-0.39, 0.29) is 18.2 Å². The van der Waals surface area contributed by atoms with Crippen LogP contribution in [0.3, 0.4) is 0 Å². The summed E-state index contributed by atoms with van der Waals surface area (Å²) in [6.07, 6.45) is 0.111. The van der Waals surface area contributed by atoms with Crippen molar-refractivity contribution >= 4 is 23.4 Å². The standard InChI is InChI=1S/C20H19ClN4O2/c1-13-18(14(2)25(24-13)17-10-8-16(21)9-11-17)12-19(26)22-23-20(27)15-6-4-3-5-7-15/h3-11H,12H2,1-2H3,(H,22,26)(H,23,27). The molecule has 0 spiro atoms. The topological polar surface area (TPSA) is 76.0 Å². The Morgan fingerprint density at radius 1 is 1.00 bits per heavy atom. The van der Waals surface area contributed by atoms with Crippen LogP contribution in [-0.4, -0.2) is 21.6 Å². The number of rotatable bonds is 4. The van der Waals surface area contributed by atoms with E-state index in [9.17, 15) is 9.59 Å². The molecule has 138 valence electrons. The minimum Gasteiger partial charge on any atom is -0.273 e. The average Bonchev–Trinajstić information content (AvgIpc) is 2.95. The Kier molecular flexibility index (Phi) is 5.57. The number of benzene rings is 2. The van der Waals surface area contributed by atoms with Crippen molar-refractivity contribution in [2.75, 3.05) is 0 Å². The Morgan fingerprint density at radius 3 is 2.33 bits per heavy atom. The van der Waals surface area contributed by atoms with Crippen LogP contribution in [0.15, 0.2) is 54.6 Å². The monoisotopic (exact) mass is 382 g/mol. The van der Waals surface area contributed by atoms with Crippen LogP contribution in [0, 0.1) is 13.8 Å². The van der Waals surface area contributed by atoms with Gasteiger partial charge in [-0.1, -0.05) is 29.8 Å². The molecular formula is C20H19ClN4O2. The normalized spacial score (nSPS) is 10.5. The van der Waals surface area contributed by atoms with Crippen LogP contribution in [0.25, 0.3) is 5.69 Å². The summed E-state index contributed by atoms with van der Waals surface area (Å²) in [4.78, 5) is 24.3. The van der Waals surface area contributed by atoms with E-state index >= 15 is 0 Å². The van der Waals surface area contributed by atoms with E-state index < -0.39 is 0 Å². The van der Waals surface area contributed by atoms with E-state index in [0.717, 1.165) is 22.6 Å². The lowest BCUT2D eigenvalue weighted by Gasteiger charge is -2.08. The fourth-order valence-electron chi connectivity index (χ4n) is 2.76. The Hall–Kier alpha value is -3.12. The lowest BCUT2D eigenvalue weighted by Crippen LogP contribution is -2.42. The highest BCUT2D eigenvalue weighted by Crippen LogP contribution is 2.20. The van der Waals surface area contributed by atoms with Crippen molar-refractivity contribution in [1.82, 2.24) is 20.6 Å². The molecule has 3 rings (SSSR count). The average molecular weight is 383 g/mol. The number of amides is 2. The van der Waals surface area contributed by atoms with Crippen LogP contribution < -0.4 is 10.9 Å². The largest absolute Gasteiger partial charge is 0.273 e. The maximum absolute atomic E-state index is 12.3. The third-order valence-electron chi connectivity index (χ3n) is 4.20. The van der Waals surface area contributed by atoms with Crippen LogP contribution >= 0.6 is 11.6 Å². The van der Waals surface area contributed by atoms with Crippen molar-refractivity contribution in [3.05, 3.63) is 82.1 Å². The van der Waals surface area contributed by atoms with Gasteiger partial charge in [0.25, 0.3) is 5.91 Å². The van der Waals surface area contributed by atoms with Crippen LogP contribution in [-0.2, 0) is 11.2 Å². The summed E-state index contributed by atoms with van der Waals surface area (Å²) in [6.45, 7) is 3.75. The van der Waals surface area contributed by atoms with E-state index in [4.69, 9.17) is 11.6 Å². The number of halogens is 1. The van der Waals surface area contributed by atoms with Crippen molar-refractivity contribution in [2.24, 2.45) is 0 Å². The smallest absolute Gasteiger partial charge is 0.269 e. The van der Waals surface area contributed by atoms with Gasteiger partial charge in [0.1, 0.15) is 0 Å². The molecule has 0 aliphatic rings. The number of carbonyl (C=O) groups excluding carboxylic acids is 2. The SMILES string of the molecule is Cc1nn(-c2ccc(Cl)cc2)c(C)c1CC(=O)NNC(=O)c1ccccc1. The molecule has 0 aliphatic heterocycles.